The molecule has 2 rings (SSSR count). The van der Waals surface area contributed by atoms with Crippen molar-refractivity contribution in [3.05, 3.63) is 24.3 Å². The summed E-state index contributed by atoms with van der Waals surface area (Å²) in [7, 11) is -3.49. The lowest BCUT2D eigenvalue weighted by Gasteiger charge is -2.25. The van der Waals surface area contributed by atoms with Crippen LogP contribution in [-0.2, 0) is 10.2 Å². The van der Waals surface area contributed by atoms with Crippen molar-refractivity contribution in [2.24, 2.45) is 0 Å². The number of rotatable bonds is 6. The molecule has 0 unspecified atom stereocenters. The van der Waals surface area contributed by atoms with Gasteiger partial charge in [0.15, 0.2) is 0 Å². The second-order valence-electron chi connectivity index (χ2n) is 4.53. The Hall–Kier alpha value is -1.27. The van der Waals surface area contributed by atoms with Gasteiger partial charge in [0.1, 0.15) is 0 Å². The van der Waals surface area contributed by atoms with Gasteiger partial charge in [0.25, 0.3) is 0 Å². The van der Waals surface area contributed by atoms with Gasteiger partial charge < -0.3 is 5.73 Å². The van der Waals surface area contributed by atoms with Crippen LogP contribution in [0.2, 0.25) is 0 Å². The Labute approximate surface area is 108 Å². The largest absolute Gasteiger partial charge is 0.397 e. The lowest BCUT2D eigenvalue weighted by atomic mass is 10.2. The minimum atomic E-state index is -3.49. The lowest BCUT2D eigenvalue weighted by molar-refractivity contribution is 0.575. The molecular weight excluding hydrogens is 250 g/mol. The van der Waals surface area contributed by atoms with Crippen molar-refractivity contribution in [1.82, 2.24) is 4.72 Å². The maximum atomic E-state index is 12.3. The van der Waals surface area contributed by atoms with Gasteiger partial charge >= 0.3 is 10.2 Å². The molecule has 3 N–H and O–H groups in total. The molecule has 0 aromatic heterocycles. The van der Waals surface area contributed by atoms with Gasteiger partial charge in [0.2, 0.25) is 0 Å². The highest BCUT2D eigenvalue weighted by atomic mass is 32.2. The van der Waals surface area contributed by atoms with Gasteiger partial charge in [-0.2, -0.15) is 13.1 Å². The van der Waals surface area contributed by atoms with Crippen LogP contribution in [0.3, 0.4) is 0 Å². The predicted octanol–water partition coefficient (Wildman–Crippen LogP) is 1.48. The number of nitrogen functional groups attached to an aromatic ring is 1. The van der Waals surface area contributed by atoms with Crippen LogP contribution in [0.15, 0.2) is 24.3 Å². The quantitative estimate of drug-likeness (QED) is 0.768. The monoisotopic (exact) mass is 269 g/mol. The van der Waals surface area contributed by atoms with E-state index in [2.05, 4.69) is 4.72 Å². The molecule has 18 heavy (non-hydrogen) atoms. The lowest BCUT2D eigenvalue weighted by Crippen LogP contribution is -2.42. The van der Waals surface area contributed by atoms with Crippen LogP contribution >= 0.6 is 0 Å². The summed E-state index contributed by atoms with van der Waals surface area (Å²) in [6.07, 6.45) is 2.58. The average Bonchev–Trinajstić information content (AvgIpc) is 3.10. The van der Waals surface area contributed by atoms with Crippen LogP contribution < -0.4 is 14.8 Å². The van der Waals surface area contributed by atoms with Gasteiger partial charge in [-0.3, -0.25) is 4.31 Å². The van der Waals surface area contributed by atoms with E-state index in [0.717, 1.165) is 19.3 Å². The van der Waals surface area contributed by atoms with Gasteiger partial charge in [-0.05, 0) is 31.4 Å². The summed E-state index contributed by atoms with van der Waals surface area (Å²) >= 11 is 0. The molecule has 1 aliphatic rings. The molecule has 0 saturated heterocycles. The Kier molecular flexibility index (Phi) is 3.77. The van der Waals surface area contributed by atoms with E-state index < -0.39 is 10.2 Å². The van der Waals surface area contributed by atoms with Crippen molar-refractivity contribution < 1.29 is 8.42 Å². The first-order valence-electron chi connectivity index (χ1n) is 6.19. The molecule has 1 fully saturated rings. The van der Waals surface area contributed by atoms with Gasteiger partial charge in [-0.1, -0.05) is 19.1 Å². The first-order valence-corrected chi connectivity index (χ1v) is 7.63. The number of nitrogens with zero attached hydrogens (tertiary/aromatic N) is 1. The first-order chi connectivity index (χ1) is 8.54. The fraction of sp³-hybridized carbons (Fsp3) is 0.500. The Bertz CT molecular complexity index is 512. The van der Waals surface area contributed by atoms with Crippen LogP contribution in [0.5, 0.6) is 0 Å². The van der Waals surface area contributed by atoms with E-state index in [1.165, 1.54) is 4.31 Å². The van der Waals surface area contributed by atoms with Crippen molar-refractivity contribution >= 4 is 21.6 Å². The van der Waals surface area contributed by atoms with E-state index >= 15 is 0 Å². The van der Waals surface area contributed by atoms with Crippen molar-refractivity contribution in [3.63, 3.8) is 0 Å². The zero-order valence-corrected chi connectivity index (χ0v) is 11.3. The smallest absolute Gasteiger partial charge is 0.301 e. The number of nitrogens with one attached hydrogen (secondary N) is 1. The summed E-state index contributed by atoms with van der Waals surface area (Å²) in [6, 6.07) is 7.13. The molecule has 100 valence electrons. The molecule has 0 radical (unpaired) electrons. The highest BCUT2D eigenvalue weighted by Gasteiger charge is 2.31. The van der Waals surface area contributed by atoms with E-state index in [-0.39, 0.29) is 6.04 Å². The number of hydrogen-bond acceptors (Lipinski definition) is 3. The van der Waals surface area contributed by atoms with E-state index in [9.17, 15) is 8.42 Å². The van der Waals surface area contributed by atoms with Crippen LogP contribution in [-0.4, -0.2) is 21.0 Å². The molecule has 5 nitrogen and oxygen atoms in total. The molecular formula is C12H19N3O2S. The summed E-state index contributed by atoms with van der Waals surface area (Å²) in [4.78, 5) is 0. The Morgan fingerprint density at radius 3 is 2.61 bits per heavy atom. The molecule has 1 aromatic carbocycles. The van der Waals surface area contributed by atoms with Crippen LogP contribution in [0.4, 0.5) is 11.4 Å². The second-order valence-corrected chi connectivity index (χ2v) is 6.15. The van der Waals surface area contributed by atoms with Crippen molar-refractivity contribution in [3.8, 4) is 0 Å². The third-order valence-corrected chi connectivity index (χ3v) is 4.41. The first kappa shape index (κ1) is 13.2. The minimum absolute atomic E-state index is 0.0966. The molecule has 0 heterocycles. The second kappa shape index (κ2) is 5.16. The Balaban J connectivity index is 2.30. The molecule has 0 atom stereocenters. The summed E-state index contributed by atoms with van der Waals surface area (Å²) in [6.45, 7) is 2.37. The molecule has 1 aromatic rings. The SMILES string of the molecule is CCCN(c1ccccc1N)S(=O)(=O)NC1CC1. The maximum absolute atomic E-state index is 12.3. The standard InChI is InChI=1S/C12H19N3O2S/c1-2-9-15(12-6-4-3-5-11(12)13)18(16,17)14-10-7-8-10/h3-6,10,14H,2,7-9,13H2,1H3. The van der Waals surface area contributed by atoms with E-state index in [0.29, 0.717) is 17.9 Å². The van der Waals surface area contributed by atoms with Gasteiger partial charge in [-0.15, -0.1) is 0 Å². The number of para-hydroxylation sites is 2. The van der Waals surface area contributed by atoms with E-state index in [1.54, 1.807) is 24.3 Å². The summed E-state index contributed by atoms with van der Waals surface area (Å²) in [5.74, 6) is 0. The summed E-state index contributed by atoms with van der Waals surface area (Å²) < 4.78 is 28.6. The molecule has 0 spiro atoms. The maximum Gasteiger partial charge on any atom is 0.301 e. The zero-order valence-electron chi connectivity index (χ0n) is 10.5. The third kappa shape index (κ3) is 2.94. The molecule has 0 amide bonds. The minimum Gasteiger partial charge on any atom is -0.397 e. The molecule has 1 saturated carbocycles. The third-order valence-electron chi connectivity index (χ3n) is 2.82. The zero-order chi connectivity index (χ0) is 13.2. The molecule has 0 bridgehead atoms. The number of hydrogen-bond donors (Lipinski definition) is 2. The van der Waals surface area contributed by atoms with E-state index in [4.69, 9.17) is 5.73 Å². The Morgan fingerprint density at radius 1 is 1.39 bits per heavy atom. The molecule has 1 aliphatic carbocycles. The fourth-order valence-electron chi connectivity index (χ4n) is 1.76. The van der Waals surface area contributed by atoms with Crippen molar-refractivity contribution in [2.75, 3.05) is 16.6 Å². The Morgan fingerprint density at radius 2 is 2.06 bits per heavy atom. The molecule has 6 heteroatoms. The topological polar surface area (TPSA) is 75.4 Å². The summed E-state index contributed by atoms with van der Waals surface area (Å²) in [5.41, 5.74) is 6.89. The van der Waals surface area contributed by atoms with Crippen LogP contribution in [0.25, 0.3) is 0 Å². The average molecular weight is 269 g/mol. The van der Waals surface area contributed by atoms with Gasteiger partial charge in [-0.25, -0.2) is 0 Å². The number of nitrogens with two attached hydrogens (primary N) is 1. The normalized spacial score (nSPS) is 15.6. The van der Waals surface area contributed by atoms with Gasteiger partial charge in [0.05, 0.1) is 11.4 Å². The summed E-state index contributed by atoms with van der Waals surface area (Å²) in [5, 5.41) is 0. The van der Waals surface area contributed by atoms with Crippen LogP contribution in [0, 0.1) is 0 Å². The van der Waals surface area contributed by atoms with Gasteiger partial charge in [0, 0.05) is 12.6 Å². The fourth-order valence-corrected chi connectivity index (χ4v) is 3.40. The van der Waals surface area contributed by atoms with Crippen molar-refractivity contribution in [1.29, 1.82) is 0 Å². The highest BCUT2D eigenvalue weighted by Crippen LogP contribution is 2.27. The molecule has 0 aliphatic heterocycles. The van der Waals surface area contributed by atoms with Crippen molar-refractivity contribution in [2.45, 2.75) is 32.2 Å². The predicted molar refractivity (Wildman–Crippen MR) is 73.6 cm³/mol. The van der Waals surface area contributed by atoms with E-state index in [1.807, 2.05) is 6.92 Å². The highest BCUT2D eigenvalue weighted by molar-refractivity contribution is 7.90. The van der Waals surface area contributed by atoms with Crippen LogP contribution in [0.1, 0.15) is 26.2 Å². The number of benzene rings is 1. The number of anilines is 2.